The zero-order valence-electron chi connectivity index (χ0n) is 11.1. The lowest BCUT2D eigenvalue weighted by atomic mass is 10.1. The SMILES string of the molecule is CC(CNC(C)(C)C)N1CCC(C(F)(F)F)C1. The van der Waals surface area contributed by atoms with Crippen molar-refractivity contribution in [2.24, 2.45) is 5.92 Å². The fourth-order valence-electron chi connectivity index (χ4n) is 2.04. The van der Waals surface area contributed by atoms with Gasteiger partial charge in [-0.15, -0.1) is 0 Å². The summed E-state index contributed by atoms with van der Waals surface area (Å²) in [6, 6.07) is 0.154. The van der Waals surface area contributed by atoms with E-state index in [2.05, 4.69) is 26.1 Å². The van der Waals surface area contributed by atoms with E-state index >= 15 is 0 Å². The molecule has 17 heavy (non-hydrogen) atoms. The van der Waals surface area contributed by atoms with Gasteiger partial charge in [0.25, 0.3) is 0 Å². The maximum atomic E-state index is 12.5. The first-order valence-corrected chi connectivity index (χ1v) is 6.15. The highest BCUT2D eigenvalue weighted by Crippen LogP contribution is 2.34. The van der Waals surface area contributed by atoms with E-state index in [1.807, 2.05) is 11.8 Å². The van der Waals surface area contributed by atoms with Crippen LogP contribution in [0.2, 0.25) is 0 Å². The van der Waals surface area contributed by atoms with Crippen LogP contribution >= 0.6 is 0 Å². The minimum atomic E-state index is -4.04. The van der Waals surface area contributed by atoms with E-state index in [1.165, 1.54) is 0 Å². The maximum Gasteiger partial charge on any atom is 0.393 e. The Bertz CT molecular complexity index is 245. The van der Waals surface area contributed by atoms with Crippen molar-refractivity contribution in [1.82, 2.24) is 10.2 Å². The van der Waals surface area contributed by atoms with Crippen LogP contribution in [0.25, 0.3) is 0 Å². The van der Waals surface area contributed by atoms with Crippen molar-refractivity contribution < 1.29 is 13.2 Å². The van der Waals surface area contributed by atoms with E-state index in [-0.39, 0.29) is 24.5 Å². The molecule has 1 rings (SSSR count). The Morgan fingerprint density at radius 1 is 1.29 bits per heavy atom. The summed E-state index contributed by atoms with van der Waals surface area (Å²) in [5.74, 6) is -1.14. The van der Waals surface area contributed by atoms with Crippen LogP contribution in [0.15, 0.2) is 0 Å². The molecule has 2 nitrogen and oxygen atoms in total. The Balaban J connectivity index is 2.38. The maximum absolute atomic E-state index is 12.5. The highest BCUT2D eigenvalue weighted by atomic mass is 19.4. The molecule has 1 N–H and O–H groups in total. The summed E-state index contributed by atoms with van der Waals surface area (Å²) >= 11 is 0. The number of alkyl halides is 3. The van der Waals surface area contributed by atoms with Crippen LogP contribution in [0, 0.1) is 5.92 Å². The van der Waals surface area contributed by atoms with E-state index in [9.17, 15) is 13.2 Å². The normalized spacial score (nSPS) is 25.2. The van der Waals surface area contributed by atoms with Gasteiger partial charge in [0, 0.05) is 24.7 Å². The van der Waals surface area contributed by atoms with Crippen molar-refractivity contribution >= 4 is 0 Å². The molecule has 0 aromatic rings. The third kappa shape index (κ3) is 4.84. The van der Waals surface area contributed by atoms with Gasteiger partial charge < -0.3 is 5.32 Å². The number of hydrogen-bond acceptors (Lipinski definition) is 2. The second-order valence-electron chi connectivity index (χ2n) is 6.00. The molecule has 0 bridgehead atoms. The van der Waals surface area contributed by atoms with Gasteiger partial charge in [0.15, 0.2) is 0 Å². The van der Waals surface area contributed by atoms with Gasteiger partial charge in [-0.25, -0.2) is 0 Å². The van der Waals surface area contributed by atoms with Crippen molar-refractivity contribution in [3.8, 4) is 0 Å². The fourth-order valence-corrected chi connectivity index (χ4v) is 2.04. The quantitative estimate of drug-likeness (QED) is 0.830. The molecule has 1 aliphatic heterocycles. The molecule has 5 heteroatoms. The van der Waals surface area contributed by atoms with Crippen LogP contribution in [0.5, 0.6) is 0 Å². The average Bonchev–Trinajstić information content (AvgIpc) is 2.60. The molecular weight excluding hydrogens is 229 g/mol. The number of nitrogens with zero attached hydrogens (tertiary/aromatic N) is 1. The monoisotopic (exact) mass is 252 g/mol. The molecule has 0 saturated carbocycles. The van der Waals surface area contributed by atoms with Gasteiger partial charge >= 0.3 is 6.18 Å². The summed E-state index contributed by atoms with van der Waals surface area (Å²) in [6.45, 7) is 9.59. The summed E-state index contributed by atoms with van der Waals surface area (Å²) in [6.07, 6.45) is -3.80. The molecule has 1 aliphatic rings. The molecular formula is C12H23F3N2. The third-order valence-corrected chi connectivity index (χ3v) is 3.23. The first kappa shape index (κ1) is 14.8. The van der Waals surface area contributed by atoms with Crippen molar-refractivity contribution in [2.45, 2.75) is 51.9 Å². The van der Waals surface area contributed by atoms with E-state index in [0.717, 1.165) is 6.54 Å². The number of rotatable bonds is 3. The molecule has 102 valence electrons. The standard InChI is InChI=1S/C12H23F3N2/c1-9(7-16-11(2,3)4)17-6-5-10(8-17)12(13,14)15/h9-10,16H,5-8H2,1-4H3. The van der Waals surface area contributed by atoms with Crippen molar-refractivity contribution in [3.05, 3.63) is 0 Å². The minimum absolute atomic E-state index is 0.0113. The predicted molar refractivity (Wildman–Crippen MR) is 63.0 cm³/mol. The molecule has 2 unspecified atom stereocenters. The first-order valence-electron chi connectivity index (χ1n) is 6.15. The van der Waals surface area contributed by atoms with Crippen LogP contribution < -0.4 is 5.32 Å². The summed E-state index contributed by atoms with van der Waals surface area (Å²) in [5, 5.41) is 3.33. The molecule has 1 saturated heterocycles. The number of nitrogens with one attached hydrogen (secondary N) is 1. The summed E-state index contributed by atoms with van der Waals surface area (Å²) in [7, 11) is 0. The highest BCUT2D eigenvalue weighted by Gasteiger charge is 2.44. The van der Waals surface area contributed by atoms with Crippen LogP contribution in [0.1, 0.15) is 34.1 Å². The smallest absolute Gasteiger partial charge is 0.311 e. The van der Waals surface area contributed by atoms with Crippen LogP contribution in [0.3, 0.4) is 0 Å². The first-order chi connectivity index (χ1) is 7.59. The van der Waals surface area contributed by atoms with Gasteiger partial charge in [0.05, 0.1) is 5.92 Å². The van der Waals surface area contributed by atoms with Gasteiger partial charge in [-0.1, -0.05) is 0 Å². The molecule has 2 atom stereocenters. The van der Waals surface area contributed by atoms with E-state index in [1.54, 1.807) is 0 Å². The molecule has 1 heterocycles. The average molecular weight is 252 g/mol. The second kappa shape index (κ2) is 5.14. The minimum Gasteiger partial charge on any atom is -0.311 e. The number of likely N-dealkylation sites (tertiary alicyclic amines) is 1. The molecule has 0 spiro atoms. The van der Waals surface area contributed by atoms with Gasteiger partial charge in [-0.3, -0.25) is 4.90 Å². The lowest BCUT2D eigenvalue weighted by Gasteiger charge is -2.29. The lowest BCUT2D eigenvalue weighted by Crippen LogP contribution is -2.46. The summed E-state index contributed by atoms with van der Waals surface area (Å²) in [4.78, 5) is 1.93. The Morgan fingerprint density at radius 2 is 1.88 bits per heavy atom. The summed E-state index contributed by atoms with van der Waals surface area (Å²) < 4.78 is 37.6. The van der Waals surface area contributed by atoms with E-state index in [4.69, 9.17) is 0 Å². The Morgan fingerprint density at radius 3 is 2.29 bits per heavy atom. The Kier molecular flexibility index (Phi) is 4.47. The van der Waals surface area contributed by atoms with Crippen molar-refractivity contribution in [2.75, 3.05) is 19.6 Å². The van der Waals surface area contributed by atoms with Gasteiger partial charge in [0.1, 0.15) is 0 Å². The van der Waals surface area contributed by atoms with E-state index < -0.39 is 12.1 Å². The van der Waals surface area contributed by atoms with Crippen LogP contribution in [-0.2, 0) is 0 Å². The van der Waals surface area contributed by atoms with Gasteiger partial charge in [-0.2, -0.15) is 13.2 Å². The fraction of sp³-hybridized carbons (Fsp3) is 1.00. The molecule has 0 aliphatic carbocycles. The highest BCUT2D eigenvalue weighted by molar-refractivity contribution is 4.85. The largest absolute Gasteiger partial charge is 0.393 e. The Labute approximate surface area is 102 Å². The van der Waals surface area contributed by atoms with Gasteiger partial charge in [-0.05, 0) is 40.7 Å². The van der Waals surface area contributed by atoms with Crippen LogP contribution in [-0.4, -0.2) is 42.3 Å². The molecule has 0 amide bonds. The topological polar surface area (TPSA) is 15.3 Å². The van der Waals surface area contributed by atoms with Crippen LogP contribution in [0.4, 0.5) is 13.2 Å². The van der Waals surface area contributed by atoms with Gasteiger partial charge in [0.2, 0.25) is 0 Å². The number of hydrogen-bond donors (Lipinski definition) is 1. The Hall–Kier alpha value is -0.290. The third-order valence-electron chi connectivity index (χ3n) is 3.23. The lowest BCUT2D eigenvalue weighted by molar-refractivity contribution is -0.170. The van der Waals surface area contributed by atoms with E-state index in [0.29, 0.717) is 6.54 Å². The number of halogens is 3. The zero-order chi connectivity index (χ0) is 13.3. The van der Waals surface area contributed by atoms with Crippen molar-refractivity contribution in [3.63, 3.8) is 0 Å². The zero-order valence-corrected chi connectivity index (χ0v) is 11.1. The predicted octanol–water partition coefficient (Wildman–Crippen LogP) is 2.65. The molecule has 0 aromatic carbocycles. The summed E-state index contributed by atoms with van der Waals surface area (Å²) in [5.41, 5.74) is 0.0113. The second-order valence-corrected chi connectivity index (χ2v) is 6.00. The molecule has 0 radical (unpaired) electrons. The van der Waals surface area contributed by atoms with Crippen molar-refractivity contribution in [1.29, 1.82) is 0 Å². The molecule has 0 aromatic heterocycles. The molecule has 1 fully saturated rings.